The van der Waals surface area contributed by atoms with Crippen LogP contribution in [0, 0.1) is 5.92 Å². The van der Waals surface area contributed by atoms with Crippen molar-refractivity contribution in [3.63, 3.8) is 0 Å². The first kappa shape index (κ1) is 14.2. The van der Waals surface area contributed by atoms with E-state index < -0.39 is 0 Å². The Kier molecular flexibility index (Phi) is 3.33. The number of fused-ring (bicyclic) bond motifs is 2. The van der Waals surface area contributed by atoms with Crippen LogP contribution >= 0.6 is 0 Å². The van der Waals surface area contributed by atoms with Gasteiger partial charge in [0.25, 0.3) is 5.91 Å². The molecule has 4 heteroatoms. The molecular formula is C19H21N3O. The largest absolute Gasteiger partial charge is 0.345 e. The summed E-state index contributed by atoms with van der Waals surface area (Å²) in [7, 11) is 0. The van der Waals surface area contributed by atoms with Gasteiger partial charge in [-0.1, -0.05) is 12.7 Å². The van der Waals surface area contributed by atoms with E-state index in [4.69, 9.17) is 0 Å². The van der Waals surface area contributed by atoms with Crippen LogP contribution in [0.1, 0.15) is 36.5 Å². The molecule has 23 heavy (non-hydrogen) atoms. The number of benzene rings is 1. The minimum absolute atomic E-state index is 0.126. The molecule has 2 unspecified atom stereocenters. The van der Waals surface area contributed by atoms with Crippen molar-refractivity contribution in [2.75, 3.05) is 6.54 Å². The maximum absolute atomic E-state index is 13.1. The third-order valence-electron chi connectivity index (χ3n) is 5.28. The Labute approximate surface area is 135 Å². The summed E-state index contributed by atoms with van der Waals surface area (Å²) in [6.45, 7) is 7.13. The number of rotatable bonds is 1. The molecule has 0 radical (unpaired) electrons. The van der Waals surface area contributed by atoms with Crippen LogP contribution in [-0.2, 0) is 0 Å². The fourth-order valence-corrected chi connectivity index (χ4v) is 4.21. The molecule has 0 bridgehead atoms. The first-order valence-electron chi connectivity index (χ1n) is 8.27. The van der Waals surface area contributed by atoms with E-state index in [1.165, 1.54) is 11.1 Å². The average molecular weight is 307 g/mol. The van der Waals surface area contributed by atoms with Gasteiger partial charge in [0.1, 0.15) is 0 Å². The Morgan fingerprint density at radius 1 is 1.48 bits per heavy atom. The summed E-state index contributed by atoms with van der Waals surface area (Å²) in [5, 5.41) is 0. The fourth-order valence-electron chi connectivity index (χ4n) is 4.21. The topological polar surface area (TPSA) is 49.0 Å². The number of carbonyl (C=O) groups is 1. The molecule has 1 amide bonds. The van der Waals surface area contributed by atoms with E-state index in [9.17, 15) is 4.79 Å². The SMILES string of the molecule is C=C1CC2C(CCCN2C(=O)c2ccc3nc[nH]c3c2)C1=CC. The normalized spacial score (nSPS) is 26.0. The van der Waals surface area contributed by atoms with E-state index in [-0.39, 0.29) is 11.9 Å². The minimum Gasteiger partial charge on any atom is -0.345 e. The van der Waals surface area contributed by atoms with E-state index in [1.54, 1.807) is 6.33 Å². The zero-order valence-corrected chi connectivity index (χ0v) is 13.4. The van der Waals surface area contributed by atoms with Crippen molar-refractivity contribution >= 4 is 16.9 Å². The molecular weight excluding hydrogens is 286 g/mol. The third kappa shape index (κ3) is 2.21. The monoisotopic (exact) mass is 307 g/mol. The molecule has 2 fully saturated rings. The number of hydrogen-bond donors (Lipinski definition) is 1. The van der Waals surface area contributed by atoms with Crippen molar-refractivity contribution in [2.24, 2.45) is 5.92 Å². The second-order valence-corrected chi connectivity index (χ2v) is 6.50. The number of hydrogen-bond acceptors (Lipinski definition) is 2. The predicted octanol–water partition coefficient (Wildman–Crippen LogP) is 3.69. The second-order valence-electron chi connectivity index (χ2n) is 6.50. The van der Waals surface area contributed by atoms with Gasteiger partial charge in [-0.15, -0.1) is 0 Å². The number of aromatic nitrogens is 2. The van der Waals surface area contributed by atoms with Crippen molar-refractivity contribution in [1.29, 1.82) is 0 Å². The lowest BCUT2D eigenvalue weighted by molar-refractivity contribution is 0.0572. The van der Waals surface area contributed by atoms with E-state index in [1.807, 2.05) is 18.2 Å². The second kappa shape index (κ2) is 5.37. The zero-order chi connectivity index (χ0) is 16.0. The highest BCUT2D eigenvalue weighted by Crippen LogP contribution is 2.43. The quantitative estimate of drug-likeness (QED) is 0.873. The number of allylic oxidation sites excluding steroid dienone is 1. The average Bonchev–Trinajstić information content (AvgIpc) is 3.15. The molecule has 4 nitrogen and oxygen atoms in total. The van der Waals surface area contributed by atoms with Gasteiger partial charge in [0, 0.05) is 24.1 Å². The molecule has 2 atom stereocenters. The van der Waals surface area contributed by atoms with Gasteiger partial charge in [0.05, 0.1) is 17.4 Å². The van der Waals surface area contributed by atoms with E-state index in [0.717, 1.165) is 42.4 Å². The molecule has 1 aliphatic heterocycles. The summed E-state index contributed by atoms with van der Waals surface area (Å²) in [5.74, 6) is 0.586. The number of amides is 1. The molecule has 118 valence electrons. The van der Waals surface area contributed by atoms with Gasteiger partial charge in [-0.2, -0.15) is 0 Å². The maximum atomic E-state index is 13.1. The molecule has 1 saturated carbocycles. The van der Waals surface area contributed by atoms with E-state index in [2.05, 4.69) is 34.4 Å². The Morgan fingerprint density at radius 2 is 2.35 bits per heavy atom. The number of nitrogens with one attached hydrogen (secondary N) is 1. The molecule has 4 rings (SSSR count). The van der Waals surface area contributed by atoms with Crippen molar-refractivity contribution in [3.8, 4) is 0 Å². The molecule has 2 aliphatic rings. The Bertz CT molecular complexity index is 817. The number of carbonyl (C=O) groups excluding carboxylic acids is 1. The van der Waals surface area contributed by atoms with Crippen LogP contribution in [0.25, 0.3) is 11.0 Å². The molecule has 2 heterocycles. The van der Waals surface area contributed by atoms with Crippen LogP contribution in [-0.4, -0.2) is 33.4 Å². The number of likely N-dealkylation sites (tertiary alicyclic amines) is 1. The first-order chi connectivity index (χ1) is 11.2. The molecule has 1 aliphatic carbocycles. The molecule has 1 N–H and O–H groups in total. The van der Waals surface area contributed by atoms with Crippen LogP contribution in [0.3, 0.4) is 0 Å². The first-order valence-corrected chi connectivity index (χ1v) is 8.27. The molecule has 2 aromatic rings. The van der Waals surface area contributed by atoms with Gasteiger partial charge in [0.15, 0.2) is 0 Å². The standard InChI is InChI=1S/C19H21N3O/c1-3-14-12(2)9-18-15(14)5-4-8-22(18)19(23)13-6-7-16-17(10-13)21-11-20-16/h3,6-7,10-11,15,18H,2,4-5,8-9H2,1H3,(H,20,21). The number of aromatic amines is 1. The van der Waals surface area contributed by atoms with Crippen molar-refractivity contribution in [2.45, 2.75) is 32.2 Å². The Balaban J connectivity index is 1.66. The Hall–Kier alpha value is -2.36. The van der Waals surface area contributed by atoms with Crippen LogP contribution in [0.15, 0.2) is 48.3 Å². The molecule has 1 aromatic heterocycles. The lowest BCUT2D eigenvalue weighted by Gasteiger charge is -2.37. The van der Waals surface area contributed by atoms with E-state index in [0.29, 0.717) is 5.92 Å². The van der Waals surface area contributed by atoms with Crippen LogP contribution in [0.4, 0.5) is 0 Å². The van der Waals surface area contributed by atoms with Crippen molar-refractivity contribution in [1.82, 2.24) is 14.9 Å². The van der Waals surface area contributed by atoms with Gasteiger partial charge >= 0.3 is 0 Å². The Morgan fingerprint density at radius 3 is 3.17 bits per heavy atom. The number of piperidine rings is 1. The molecule has 1 saturated heterocycles. The van der Waals surface area contributed by atoms with Gasteiger partial charge < -0.3 is 9.88 Å². The van der Waals surface area contributed by atoms with Gasteiger partial charge in [-0.3, -0.25) is 4.79 Å². The maximum Gasteiger partial charge on any atom is 0.254 e. The number of imidazole rings is 1. The summed E-state index contributed by atoms with van der Waals surface area (Å²) in [6, 6.07) is 5.97. The summed E-state index contributed by atoms with van der Waals surface area (Å²) in [6.07, 6.45) is 6.96. The van der Waals surface area contributed by atoms with Gasteiger partial charge in [-0.05, 0) is 55.5 Å². The third-order valence-corrected chi connectivity index (χ3v) is 5.28. The number of nitrogens with zero attached hydrogens (tertiary/aromatic N) is 2. The summed E-state index contributed by atoms with van der Waals surface area (Å²) >= 11 is 0. The summed E-state index contributed by atoms with van der Waals surface area (Å²) < 4.78 is 0. The summed E-state index contributed by atoms with van der Waals surface area (Å²) in [4.78, 5) is 22.4. The highest BCUT2D eigenvalue weighted by molar-refractivity contribution is 5.97. The smallest absolute Gasteiger partial charge is 0.254 e. The highest BCUT2D eigenvalue weighted by Gasteiger charge is 2.41. The van der Waals surface area contributed by atoms with Crippen molar-refractivity contribution < 1.29 is 4.79 Å². The van der Waals surface area contributed by atoms with Gasteiger partial charge in [-0.25, -0.2) is 4.98 Å². The summed E-state index contributed by atoms with van der Waals surface area (Å²) in [5.41, 5.74) is 5.10. The lowest BCUT2D eigenvalue weighted by atomic mass is 9.88. The molecule has 0 spiro atoms. The van der Waals surface area contributed by atoms with Crippen LogP contribution in [0.2, 0.25) is 0 Å². The minimum atomic E-state index is 0.126. The zero-order valence-electron chi connectivity index (χ0n) is 13.4. The van der Waals surface area contributed by atoms with Gasteiger partial charge in [0.2, 0.25) is 0 Å². The molecule has 1 aromatic carbocycles. The van der Waals surface area contributed by atoms with Crippen molar-refractivity contribution in [3.05, 3.63) is 53.9 Å². The highest BCUT2D eigenvalue weighted by atomic mass is 16.2. The predicted molar refractivity (Wildman–Crippen MR) is 91.2 cm³/mol. The fraction of sp³-hybridized carbons (Fsp3) is 0.368. The number of H-pyrrole nitrogens is 1. The lowest BCUT2D eigenvalue weighted by Crippen LogP contribution is -2.46. The van der Waals surface area contributed by atoms with Crippen LogP contribution < -0.4 is 0 Å². The van der Waals surface area contributed by atoms with E-state index >= 15 is 0 Å². The van der Waals surface area contributed by atoms with Crippen LogP contribution in [0.5, 0.6) is 0 Å².